The molecule has 0 N–H and O–H groups in total. The van der Waals surface area contributed by atoms with E-state index in [9.17, 15) is 4.79 Å². The normalized spacial score (nSPS) is 7.78. The second-order valence-electron chi connectivity index (χ2n) is 5.35. The number of carbonyl (C=O) groups excluding carboxylic acids is 1. The van der Waals surface area contributed by atoms with Gasteiger partial charge in [0.25, 0.3) is 0 Å². The van der Waals surface area contributed by atoms with Gasteiger partial charge >= 0.3 is 0 Å². The van der Waals surface area contributed by atoms with Gasteiger partial charge in [-0.2, -0.15) is 0 Å². The van der Waals surface area contributed by atoms with E-state index >= 15 is 0 Å². The Hall–Kier alpha value is -1.11. The number of hydrogen-bond donors (Lipinski definition) is 0. The Morgan fingerprint density at radius 3 is 1.35 bits per heavy atom. The van der Waals surface area contributed by atoms with Gasteiger partial charge in [-0.05, 0) is 38.8 Å². The van der Waals surface area contributed by atoms with Gasteiger partial charge in [0.05, 0.1) is 0 Å². The van der Waals surface area contributed by atoms with Crippen molar-refractivity contribution in [2.45, 2.75) is 102 Å². The van der Waals surface area contributed by atoms with E-state index in [2.05, 4.69) is 66.7 Å². The lowest BCUT2D eigenvalue weighted by Gasteiger charge is -1.98. The summed E-state index contributed by atoms with van der Waals surface area (Å²) in [4.78, 5) is 9.81. The number of benzene rings is 1. The van der Waals surface area contributed by atoms with Gasteiger partial charge in [0.2, 0.25) is 0 Å². The lowest BCUT2D eigenvalue weighted by Crippen LogP contribution is -1.80. The van der Waals surface area contributed by atoms with Crippen molar-refractivity contribution in [3.63, 3.8) is 0 Å². The summed E-state index contributed by atoms with van der Waals surface area (Å²) in [6, 6.07) is 6.50. The number of ketones is 1. The molecule has 0 radical (unpaired) electrons. The van der Waals surface area contributed by atoms with Gasteiger partial charge in [0.15, 0.2) is 0 Å². The lowest BCUT2D eigenvalue weighted by atomic mass is 10.1. The molecule has 0 unspecified atom stereocenters. The zero-order chi connectivity index (χ0) is 19.3. The minimum atomic E-state index is 0.255. The number of unbranched alkanes of at least 4 members (excludes halogenated alkanes) is 1. The van der Waals surface area contributed by atoms with Gasteiger partial charge < -0.3 is 4.79 Å². The van der Waals surface area contributed by atoms with Crippen molar-refractivity contribution in [1.82, 2.24) is 0 Å². The van der Waals surface area contributed by atoms with E-state index in [1.54, 1.807) is 6.92 Å². The van der Waals surface area contributed by atoms with Crippen LogP contribution in [0.15, 0.2) is 18.2 Å². The van der Waals surface area contributed by atoms with Crippen LogP contribution in [0.1, 0.15) is 97.8 Å². The Balaban J connectivity index is -0.000000111. The maximum atomic E-state index is 9.81. The molecule has 0 aromatic heterocycles. The zero-order valence-electron chi connectivity index (χ0n) is 18.0. The van der Waals surface area contributed by atoms with Gasteiger partial charge in [-0.1, -0.05) is 91.5 Å². The van der Waals surface area contributed by atoms with Gasteiger partial charge in [0, 0.05) is 6.42 Å². The Bertz CT molecular complexity index is 338. The van der Waals surface area contributed by atoms with Gasteiger partial charge in [0.1, 0.15) is 5.78 Å². The van der Waals surface area contributed by atoms with Crippen LogP contribution in [0.4, 0.5) is 0 Å². The van der Waals surface area contributed by atoms with Crippen molar-refractivity contribution in [3.05, 3.63) is 34.9 Å². The Morgan fingerprint density at radius 1 is 0.826 bits per heavy atom. The molecule has 0 fully saturated rings. The van der Waals surface area contributed by atoms with E-state index in [4.69, 9.17) is 0 Å². The average Bonchev–Trinajstić information content (AvgIpc) is 2.54. The van der Waals surface area contributed by atoms with Crippen LogP contribution in [0.2, 0.25) is 0 Å². The van der Waals surface area contributed by atoms with Gasteiger partial charge in [-0.25, -0.2) is 0 Å². The Kier molecular flexibility index (Phi) is 33.5. The van der Waals surface area contributed by atoms with Gasteiger partial charge in [-0.3, -0.25) is 0 Å². The molecule has 1 aromatic carbocycles. The molecule has 0 atom stereocenters. The Morgan fingerprint density at radius 2 is 1.17 bits per heavy atom. The predicted molar refractivity (Wildman–Crippen MR) is 110 cm³/mol. The average molecular weight is 325 g/mol. The maximum Gasteiger partial charge on any atom is 0.129 e. The fraction of sp³-hybridized carbons (Fsp3) is 0.682. The van der Waals surface area contributed by atoms with E-state index < -0.39 is 0 Å². The SMILES string of the molecule is CC.CCC.CCC(C)=O.CCCC.Cc1ccc(C)c(C)c1. The molecule has 0 heterocycles. The van der Waals surface area contributed by atoms with Crippen molar-refractivity contribution < 1.29 is 4.79 Å². The highest BCUT2D eigenvalue weighted by molar-refractivity contribution is 5.74. The summed E-state index contributed by atoms with van der Waals surface area (Å²) in [6.45, 7) is 22.4. The standard InChI is InChI=1S/C9H12.C4H8O.C4H10.C3H8.C2H6/c1-7-4-5-8(2)9(3)6-7;1-3-4(2)5;1-3-4-2;1-3-2;1-2/h4-6H,1-3H3;3H2,1-2H3;3-4H2,1-2H3;3H2,1-2H3;1-2H3. The van der Waals surface area contributed by atoms with Gasteiger partial charge in [-0.15, -0.1) is 0 Å². The molecule has 138 valence electrons. The molecule has 1 heteroatoms. The quantitative estimate of drug-likeness (QED) is 0.541. The summed E-state index contributed by atoms with van der Waals surface area (Å²) in [5, 5.41) is 0. The molecule has 0 aliphatic carbocycles. The summed E-state index contributed by atoms with van der Waals surface area (Å²) in [5.74, 6) is 0.255. The van der Waals surface area contributed by atoms with Crippen molar-refractivity contribution in [2.75, 3.05) is 0 Å². The van der Waals surface area contributed by atoms with E-state index in [0.29, 0.717) is 6.42 Å². The third kappa shape index (κ3) is 33.6. The van der Waals surface area contributed by atoms with Crippen molar-refractivity contribution >= 4 is 5.78 Å². The number of Topliss-reactive ketones (excluding diaryl/α,β-unsaturated/α-hetero) is 1. The van der Waals surface area contributed by atoms with E-state index in [1.165, 1.54) is 36.0 Å². The highest BCUT2D eigenvalue weighted by atomic mass is 16.1. The van der Waals surface area contributed by atoms with Crippen LogP contribution in [-0.4, -0.2) is 5.78 Å². The fourth-order valence-electron chi connectivity index (χ4n) is 0.891. The molecule has 1 nitrogen and oxygen atoms in total. The molecule has 0 bridgehead atoms. The summed E-state index contributed by atoms with van der Waals surface area (Å²) in [7, 11) is 0. The summed E-state index contributed by atoms with van der Waals surface area (Å²) < 4.78 is 0. The van der Waals surface area contributed by atoms with E-state index in [0.717, 1.165) is 0 Å². The molecule has 0 aliphatic heterocycles. The van der Waals surface area contributed by atoms with Crippen LogP contribution in [0.3, 0.4) is 0 Å². The van der Waals surface area contributed by atoms with Crippen molar-refractivity contribution in [2.24, 2.45) is 0 Å². The lowest BCUT2D eigenvalue weighted by molar-refractivity contribution is -0.116. The first-order valence-corrected chi connectivity index (χ1v) is 9.33. The maximum absolute atomic E-state index is 9.81. The molecule has 0 aliphatic rings. The van der Waals surface area contributed by atoms with E-state index in [-0.39, 0.29) is 5.78 Å². The molecule has 1 rings (SSSR count). The largest absolute Gasteiger partial charge is 0.300 e. The predicted octanol–water partition coefficient (Wildman–Crippen LogP) is 7.85. The third-order valence-corrected chi connectivity index (χ3v) is 2.66. The summed E-state index contributed by atoms with van der Waals surface area (Å²) in [5.41, 5.74) is 4.11. The molecular weight excluding hydrogens is 280 g/mol. The minimum absolute atomic E-state index is 0.255. The highest BCUT2D eigenvalue weighted by Crippen LogP contribution is 2.07. The summed E-state index contributed by atoms with van der Waals surface area (Å²) in [6.07, 6.45) is 4.56. The Labute approximate surface area is 147 Å². The van der Waals surface area contributed by atoms with Crippen LogP contribution >= 0.6 is 0 Å². The number of rotatable bonds is 2. The fourth-order valence-corrected chi connectivity index (χ4v) is 0.891. The topological polar surface area (TPSA) is 17.1 Å². The number of aryl methyl sites for hydroxylation is 3. The second kappa shape index (κ2) is 25.8. The highest BCUT2D eigenvalue weighted by Gasteiger charge is 1.89. The van der Waals surface area contributed by atoms with Crippen LogP contribution in [-0.2, 0) is 4.79 Å². The smallest absolute Gasteiger partial charge is 0.129 e. The first-order chi connectivity index (χ1) is 10.8. The molecule has 1 aromatic rings. The van der Waals surface area contributed by atoms with E-state index in [1.807, 2.05) is 20.8 Å². The van der Waals surface area contributed by atoms with Crippen LogP contribution in [0.25, 0.3) is 0 Å². The molecule has 0 saturated heterocycles. The minimum Gasteiger partial charge on any atom is -0.300 e. The van der Waals surface area contributed by atoms with Crippen LogP contribution in [0, 0.1) is 20.8 Å². The molecule has 0 amide bonds. The summed E-state index contributed by atoms with van der Waals surface area (Å²) >= 11 is 0. The van der Waals surface area contributed by atoms with Crippen molar-refractivity contribution in [3.8, 4) is 0 Å². The first-order valence-electron chi connectivity index (χ1n) is 9.33. The molecule has 23 heavy (non-hydrogen) atoms. The van der Waals surface area contributed by atoms with Crippen molar-refractivity contribution in [1.29, 1.82) is 0 Å². The second-order valence-corrected chi connectivity index (χ2v) is 5.35. The van der Waals surface area contributed by atoms with Crippen LogP contribution < -0.4 is 0 Å². The zero-order valence-corrected chi connectivity index (χ0v) is 18.0. The monoisotopic (exact) mass is 324 g/mol. The molecule has 0 spiro atoms. The third-order valence-electron chi connectivity index (χ3n) is 2.66. The number of hydrogen-bond acceptors (Lipinski definition) is 1. The van der Waals surface area contributed by atoms with Crippen LogP contribution in [0.5, 0.6) is 0 Å². The molecular formula is C22H44O. The molecule has 0 saturated carbocycles. The first kappa shape index (κ1) is 29.8. The number of carbonyl (C=O) groups is 1.